The highest BCUT2D eigenvalue weighted by molar-refractivity contribution is 5.86. The van der Waals surface area contributed by atoms with Crippen molar-refractivity contribution in [2.75, 3.05) is 19.8 Å². The molecule has 0 aliphatic carbocycles. The molecule has 3 rings (SSSR count). The van der Waals surface area contributed by atoms with E-state index in [0.29, 0.717) is 50.4 Å². The van der Waals surface area contributed by atoms with Gasteiger partial charge >= 0.3 is 0 Å². The van der Waals surface area contributed by atoms with Gasteiger partial charge in [-0.25, -0.2) is 4.39 Å². The molecule has 1 fully saturated rings. The van der Waals surface area contributed by atoms with E-state index in [0.717, 1.165) is 0 Å². The lowest BCUT2D eigenvalue weighted by molar-refractivity contribution is -0.130. The second kappa shape index (κ2) is 5.61. The summed E-state index contributed by atoms with van der Waals surface area (Å²) >= 11 is 0. The van der Waals surface area contributed by atoms with Gasteiger partial charge in [-0.05, 0) is 31.0 Å². The number of rotatable bonds is 2. The molecule has 21 heavy (non-hydrogen) atoms. The molecule has 1 atom stereocenters. The van der Waals surface area contributed by atoms with Crippen molar-refractivity contribution in [1.29, 1.82) is 0 Å². The minimum Gasteiger partial charge on any atom is -0.493 e. The van der Waals surface area contributed by atoms with Gasteiger partial charge in [-0.1, -0.05) is 0 Å². The zero-order valence-electron chi connectivity index (χ0n) is 11.7. The van der Waals surface area contributed by atoms with Gasteiger partial charge < -0.3 is 20.5 Å². The Hall–Kier alpha value is -1.66. The van der Waals surface area contributed by atoms with Crippen molar-refractivity contribution < 1.29 is 18.7 Å². The molecule has 114 valence electrons. The van der Waals surface area contributed by atoms with Crippen LogP contribution in [0.15, 0.2) is 18.2 Å². The molecule has 0 radical (unpaired) electrons. The van der Waals surface area contributed by atoms with Crippen LogP contribution in [-0.2, 0) is 9.53 Å². The van der Waals surface area contributed by atoms with E-state index >= 15 is 0 Å². The summed E-state index contributed by atoms with van der Waals surface area (Å²) in [5.74, 6) is 0.0749. The number of carbonyl (C=O) groups excluding carboxylic acids is 1. The Kier molecular flexibility index (Phi) is 3.82. The van der Waals surface area contributed by atoms with Gasteiger partial charge in [-0.2, -0.15) is 0 Å². The van der Waals surface area contributed by atoms with Gasteiger partial charge in [0.25, 0.3) is 0 Å². The Balaban J connectivity index is 1.77. The Morgan fingerprint density at radius 1 is 1.33 bits per heavy atom. The number of ether oxygens (including phenoxy) is 2. The van der Waals surface area contributed by atoms with E-state index in [1.165, 1.54) is 12.1 Å². The van der Waals surface area contributed by atoms with Crippen LogP contribution in [0.3, 0.4) is 0 Å². The molecule has 5 nitrogen and oxygen atoms in total. The number of nitrogens with one attached hydrogen (secondary N) is 1. The van der Waals surface area contributed by atoms with Crippen LogP contribution in [0, 0.1) is 5.82 Å². The largest absolute Gasteiger partial charge is 0.493 e. The maximum Gasteiger partial charge on any atom is 0.240 e. The van der Waals surface area contributed by atoms with E-state index < -0.39 is 5.54 Å². The van der Waals surface area contributed by atoms with Crippen LogP contribution in [0.4, 0.5) is 4.39 Å². The van der Waals surface area contributed by atoms with Crippen molar-refractivity contribution in [3.05, 3.63) is 29.6 Å². The summed E-state index contributed by atoms with van der Waals surface area (Å²) in [4.78, 5) is 12.5. The molecule has 2 aliphatic heterocycles. The van der Waals surface area contributed by atoms with Gasteiger partial charge in [-0.3, -0.25) is 4.79 Å². The standard InChI is InChI=1S/C15H19FN2O3/c16-10-1-2-13-11(9-10)12(3-6-21-13)18-14(19)15(17)4-7-20-8-5-15/h1-2,9,12H,3-8,17H2,(H,18,19). The number of halogens is 1. The molecule has 1 unspecified atom stereocenters. The number of hydrogen-bond donors (Lipinski definition) is 2. The first-order chi connectivity index (χ1) is 10.1. The lowest BCUT2D eigenvalue weighted by Gasteiger charge is -2.35. The fourth-order valence-electron chi connectivity index (χ4n) is 2.78. The van der Waals surface area contributed by atoms with E-state index in [9.17, 15) is 9.18 Å². The number of benzene rings is 1. The van der Waals surface area contributed by atoms with Crippen molar-refractivity contribution in [2.24, 2.45) is 5.73 Å². The second-order valence-electron chi connectivity index (χ2n) is 5.61. The highest BCUT2D eigenvalue weighted by atomic mass is 19.1. The Morgan fingerprint density at radius 3 is 2.86 bits per heavy atom. The lowest BCUT2D eigenvalue weighted by Crippen LogP contribution is -2.57. The Bertz CT molecular complexity index is 544. The molecule has 0 saturated carbocycles. The van der Waals surface area contributed by atoms with Crippen LogP contribution in [0.25, 0.3) is 0 Å². The summed E-state index contributed by atoms with van der Waals surface area (Å²) in [6.45, 7) is 1.47. The maximum atomic E-state index is 13.4. The average molecular weight is 294 g/mol. The first kappa shape index (κ1) is 14.3. The van der Waals surface area contributed by atoms with Crippen LogP contribution in [0.5, 0.6) is 5.75 Å². The smallest absolute Gasteiger partial charge is 0.240 e. The minimum atomic E-state index is -0.899. The summed E-state index contributed by atoms with van der Waals surface area (Å²) in [5.41, 5.74) is 5.95. The summed E-state index contributed by atoms with van der Waals surface area (Å²) in [6, 6.07) is 4.09. The number of carbonyl (C=O) groups is 1. The summed E-state index contributed by atoms with van der Waals surface area (Å²) in [5, 5.41) is 2.95. The zero-order valence-corrected chi connectivity index (χ0v) is 11.7. The average Bonchev–Trinajstić information content (AvgIpc) is 2.48. The second-order valence-corrected chi connectivity index (χ2v) is 5.61. The normalized spacial score (nSPS) is 23.8. The number of hydrogen-bond acceptors (Lipinski definition) is 4. The zero-order chi connectivity index (χ0) is 14.9. The molecule has 2 aliphatic rings. The van der Waals surface area contributed by atoms with Crippen LogP contribution in [-0.4, -0.2) is 31.3 Å². The van der Waals surface area contributed by atoms with E-state index in [4.69, 9.17) is 15.2 Å². The third-order valence-corrected chi connectivity index (χ3v) is 4.15. The SMILES string of the molecule is NC1(C(=O)NC2CCOc3ccc(F)cc32)CCOCC1. The molecule has 1 amide bonds. The monoisotopic (exact) mass is 294 g/mol. The Labute approximate surface area is 122 Å². The molecular weight excluding hydrogens is 275 g/mol. The highest BCUT2D eigenvalue weighted by Crippen LogP contribution is 2.33. The molecule has 0 spiro atoms. The predicted molar refractivity (Wildman–Crippen MR) is 74.4 cm³/mol. The first-order valence-electron chi connectivity index (χ1n) is 7.18. The molecular formula is C15H19FN2O3. The van der Waals surface area contributed by atoms with E-state index in [1.807, 2.05) is 0 Å². The first-order valence-corrected chi connectivity index (χ1v) is 7.18. The maximum absolute atomic E-state index is 13.4. The molecule has 1 saturated heterocycles. The number of nitrogens with two attached hydrogens (primary N) is 1. The number of amides is 1. The van der Waals surface area contributed by atoms with E-state index in [1.54, 1.807) is 6.07 Å². The third-order valence-electron chi connectivity index (χ3n) is 4.15. The highest BCUT2D eigenvalue weighted by Gasteiger charge is 2.37. The van der Waals surface area contributed by atoms with Crippen LogP contribution < -0.4 is 15.8 Å². The van der Waals surface area contributed by atoms with Crippen molar-refractivity contribution in [3.63, 3.8) is 0 Å². The van der Waals surface area contributed by atoms with Crippen molar-refractivity contribution in [2.45, 2.75) is 30.8 Å². The summed E-state index contributed by atoms with van der Waals surface area (Å²) in [7, 11) is 0. The molecule has 0 aromatic heterocycles. The van der Waals surface area contributed by atoms with E-state index in [2.05, 4.69) is 5.32 Å². The molecule has 1 aromatic carbocycles. The molecule has 0 bridgehead atoms. The van der Waals surface area contributed by atoms with Gasteiger partial charge in [0.05, 0.1) is 18.2 Å². The quantitative estimate of drug-likeness (QED) is 0.861. The van der Waals surface area contributed by atoms with E-state index in [-0.39, 0.29) is 17.8 Å². The van der Waals surface area contributed by atoms with Gasteiger partial charge in [0.15, 0.2) is 0 Å². The molecule has 6 heteroatoms. The van der Waals surface area contributed by atoms with Crippen molar-refractivity contribution in [3.8, 4) is 5.75 Å². The minimum absolute atomic E-state index is 0.201. The molecule has 2 heterocycles. The lowest BCUT2D eigenvalue weighted by atomic mass is 9.89. The topological polar surface area (TPSA) is 73.6 Å². The number of fused-ring (bicyclic) bond motifs is 1. The summed E-state index contributed by atoms with van der Waals surface area (Å²) in [6.07, 6.45) is 1.60. The third kappa shape index (κ3) is 2.87. The fraction of sp³-hybridized carbons (Fsp3) is 0.533. The summed E-state index contributed by atoms with van der Waals surface area (Å²) < 4.78 is 24.2. The van der Waals surface area contributed by atoms with Crippen molar-refractivity contribution >= 4 is 5.91 Å². The molecule has 3 N–H and O–H groups in total. The predicted octanol–water partition coefficient (Wildman–Crippen LogP) is 1.27. The van der Waals surface area contributed by atoms with Gasteiger partial charge in [0.1, 0.15) is 11.6 Å². The van der Waals surface area contributed by atoms with Crippen LogP contribution in [0.1, 0.15) is 30.9 Å². The van der Waals surface area contributed by atoms with Crippen molar-refractivity contribution in [1.82, 2.24) is 5.32 Å². The van der Waals surface area contributed by atoms with Gasteiger partial charge in [-0.15, -0.1) is 0 Å². The molecule has 1 aromatic rings. The van der Waals surface area contributed by atoms with Gasteiger partial charge in [0.2, 0.25) is 5.91 Å². The fourth-order valence-corrected chi connectivity index (χ4v) is 2.78. The van der Waals surface area contributed by atoms with Crippen LogP contribution >= 0.6 is 0 Å². The van der Waals surface area contributed by atoms with Gasteiger partial charge in [0, 0.05) is 25.2 Å². The Morgan fingerprint density at radius 2 is 2.10 bits per heavy atom. The van der Waals surface area contributed by atoms with Crippen LogP contribution in [0.2, 0.25) is 0 Å².